The first-order chi connectivity index (χ1) is 14.1. The van der Waals surface area contributed by atoms with E-state index in [1.54, 1.807) is 4.90 Å². The number of nitrogens with zero attached hydrogens (tertiary/aromatic N) is 4. The Morgan fingerprint density at radius 3 is 2.62 bits per heavy atom. The van der Waals surface area contributed by atoms with Gasteiger partial charge in [0.2, 0.25) is 5.91 Å². The van der Waals surface area contributed by atoms with Crippen LogP contribution in [0.3, 0.4) is 0 Å². The zero-order valence-electron chi connectivity index (χ0n) is 16.1. The Morgan fingerprint density at radius 1 is 1.03 bits per heavy atom. The maximum Gasteiger partial charge on any atom is 0.259 e. The van der Waals surface area contributed by atoms with Gasteiger partial charge in [-0.15, -0.1) is 5.10 Å². The number of hydrazone groups is 1. The Hall–Kier alpha value is -3.28. The normalized spacial score (nSPS) is 29.7. The SMILES string of the molecule is CN1C(=O)C2(c3ccccc31)C1CCCC1=NC1=NN(c3ccccc3)C(=O)C12. The molecule has 6 heteroatoms. The summed E-state index contributed by atoms with van der Waals surface area (Å²) in [7, 11) is 1.81. The minimum atomic E-state index is -0.946. The maximum absolute atomic E-state index is 13.9. The number of amidine groups is 1. The molecule has 1 fully saturated rings. The van der Waals surface area contributed by atoms with Crippen LogP contribution in [0.1, 0.15) is 24.8 Å². The number of aliphatic imine (C=N–C) groups is 1. The first kappa shape index (κ1) is 16.7. The Kier molecular flexibility index (Phi) is 3.23. The largest absolute Gasteiger partial charge is 0.314 e. The van der Waals surface area contributed by atoms with Gasteiger partial charge in [0.25, 0.3) is 5.91 Å². The van der Waals surface area contributed by atoms with Crippen molar-refractivity contribution in [1.29, 1.82) is 0 Å². The molecule has 0 bridgehead atoms. The molecular formula is C23H20N4O2. The van der Waals surface area contributed by atoms with Crippen molar-refractivity contribution in [3.8, 4) is 0 Å². The molecule has 6 rings (SSSR count). The molecule has 3 atom stereocenters. The fourth-order valence-corrected chi connectivity index (χ4v) is 5.72. The summed E-state index contributed by atoms with van der Waals surface area (Å²) in [4.78, 5) is 34.1. The molecular weight excluding hydrogens is 364 g/mol. The van der Waals surface area contributed by atoms with Crippen LogP contribution in [0.5, 0.6) is 0 Å². The summed E-state index contributed by atoms with van der Waals surface area (Å²) in [5.41, 5.74) is 2.59. The highest BCUT2D eigenvalue weighted by atomic mass is 16.2. The van der Waals surface area contributed by atoms with Gasteiger partial charge in [-0.2, -0.15) is 5.01 Å². The molecule has 0 N–H and O–H groups in total. The van der Waals surface area contributed by atoms with Crippen LogP contribution in [-0.2, 0) is 15.0 Å². The van der Waals surface area contributed by atoms with Crippen molar-refractivity contribution < 1.29 is 9.59 Å². The van der Waals surface area contributed by atoms with Crippen molar-refractivity contribution in [2.75, 3.05) is 17.0 Å². The van der Waals surface area contributed by atoms with E-state index in [2.05, 4.69) is 5.10 Å². The second-order valence-electron chi connectivity index (χ2n) is 8.18. The third kappa shape index (κ3) is 1.91. The summed E-state index contributed by atoms with van der Waals surface area (Å²) in [5, 5.41) is 6.05. The molecule has 29 heavy (non-hydrogen) atoms. The van der Waals surface area contributed by atoms with Gasteiger partial charge in [0.15, 0.2) is 5.84 Å². The Bertz CT molecular complexity index is 1120. The van der Waals surface area contributed by atoms with Gasteiger partial charge in [0, 0.05) is 24.4 Å². The Morgan fingerprint density at radius 2 is 1.79 bits per heavy atom. The summed E-state index contributed by atoms with van der Waals surface area (Å²) in [6.45, 7) is 0. The van der Waals surface area contributed by atoms with E-state index in [9.17, 15) is 9.59 Å². The fourth-order valence-electron chi connectivity index (χ4n) is 5.72. The van der Waals surface area contributed by atoms with Crippen molar-refractivity contribution >= 4 is 34.7 Å². The van der Waals surface area contributed by atoms with Gasteiger partial charge in [-0.05, 0) is 43.0 Å². The van der Waals surface area contributed by atoms with Crippen molar-refractivity contribution in [3.63, 3.8) is 0 Å². The van der Waals surface area contributed by atoms with Crippen LogP contribution in [0.15, 0.2) is 64.7 Å². The van der Waals surface area contributed by atoms with Crippen LogP contribution >= 0.6 is 0 Å². The van der Waals surface area contributed by atoms with E-state index in [0.717, 1.165) is 36.2 Å². The third-order valence-electron chi connectivity index (χ3n) is 6.88. The number of fused-ring (bicyclic) bond motifs is 6. The van der Waals surface area contributed by atoms with E-state index in [4.69, 9.17) is 4.99 Å². The standard InChI is InChI=1S/C23H20N4O2/c1-26-18-13-6-5-10-16(18)23(22(26)29)15-11-7-12-17(15)24-20-19(23)21(28)27(25-20)14-8-3-2-4-9-14/h2-6,8-10,13,15,19H,7,11-12H2,1H3. The zero-order valence-corrected chi connectivity index (χ0v) is 16.1. The van der Waals surface area contributed by atoms with Crippen molar-refractivity contribution in [1.82, 2.24) is 0 Å². The van der Waals surface area contributed by atoms with Crippen LogP contribution in [0.25, 0.3) is 0 Å². The molecule has 4 aliphatic rings. The quantitative estimate of drug-likeness (QED) is 0.758. The molecule has 6 nitrogen and oxygen atoms in total. The molecule has 2 aromatic rings. The van der Waals surface area contributed by atoms with E-state index in [1.165, 1.54) is 5.01 Å². The zero-order chi connectivity index (χ0) is 19.8. The monoisotopic (exact) mass is 384 g/mol. The van der Waals surface area contributed by atoms with Gasteiger partial charge in [-0.25, -0.2) is 4.99 Å². The van der Waals surface area contributed by atoms with Gasteiger partial charge in [-0.1, -0.05) is 36.4 Å². The van der Waals surface area contributed by atoms with Crippen molar-refractivity contribution in [2.24, 2.45) is 21.9 Å². The lowest BCUT2D eigenvalue weighted by molar-refractivity contribution is -0.131. The number of hydrogen-bond acceptors (Lipinski definition) is 4. The first-order valence-electron chi connectivity index (χ1n) is 10.1. The average Bonchev–Trinajstić information content (AvgIpc) is 3.41. The van der Waals surface area contributed by atoms with Gasteiger partial charge in [-0.3, -0.25) is 9.59 Å². The maximum atomic E-state index is 13.9. The lowest BCUT2D eigenvalue weighted by Crippen LogP contribution is -2.58. The molecule has 0 radical (unpaired) electrons. The van der Waals surface area contributed by atoms with Crippen molar-refractivity contribution in [3.05, 3.63) is 60.2 Å². The summed E-state index contributed by atoms with van der Waals surface area (Å²) < 4.78 is 0. The van der Waals surface area contributed by atoms with E-state index in [0.29, 0.717) is 11.5 Å². The first-order valence-corrected chi connectivity index (χ1v) is 10.1. The highest BCUT2D eigenvalue weighted by molar-refractivity contribution is 6.27. The third-order valence-corrected chi connectivity index (χ3v) is 6.88. The average molecular weight is 384 g/mol. The lowest BCUT2D eigenvalue weighted by atomic mass is 9.60. The smallest absolute Gasteiger partial charge is 0.259 e. The number of anilines is 2. The molecule has 144 valence electrons. The number of carbonyl (C=O) groups is 2. The number of amides is 2. The minimum Gasteiger partial charge on any atom is -0.314 e. The second-order valence-corrected chi connectivity index (χ2v) is 8.18. The molecule has 3 heterocycles. The molecule has 1 spiro atoms. The molecule has 0 aromatic heterocycles. The predicted molar refractivity (Wildman–Crippen MR) is 111 cm³/mol. The Balaban J connectivity index is 1.61. The summed E-state index contributed by atoms with van der Waals surface area (Å²) in [5.74, 6) is -0.443. The van der Waals surface area contributed by atoms with Gasteiger partial charge >= 0.3 is 0 Å². The topological polar surface area (TPSA) is 65.3 Å². The number of likely N-dealkylation sites (N-methyl/N-ethyl adjacent to an activating group) is 1. The molecule has 3 unspecified atom stereocenters. The minimum absolute atomic E-state index is 0.0149. The summed E-state index contributed by atoms with van der Waals surface area (Å²) >= 11 is 0. The second kappa shape index (κ2) is 5.63. The number of benzene rings is 2. The van der Waals surface area contributed by atoms with E-state index in [-0.39, 0.29) is 17.7 Å². The lowest BCUT2D eigenvalue weighted by Gasteiger charge is -2.41. The highest BCUT2D eigenvalue weighted by Gasteiger charge is 2.68. The Labute approximate surface area is 168 Å². The van der Waals surface area contributed by atoms with Crippen LogP contribution in [0, 0.1) is 11.8 Å². The number of hydrogen-bond donors (Lipinski definition) is 0. The molecule has 2 amide bonds. The van der Waals surface area contributed by atoms with Crippen LogP contribution in [0.2, 0.25) is 0 Å². The fraction of sp³-hybridized carbons (Fsp3) is 0.304. The molecule has 1 saturated carbocycles. The summed E-state index contributed by atoms with van der Waals surface area (Å²) in [6.07, 6.45) is 2.72. The van der Waals surface area contributed by atoms with Crippen molar-refractivity contribution in [2.45, 2.75) is 24.7 Å². The molecule has 1 aliphatic carbocycles. The number of para-hydroxylation sites is 2. The number of carbonyl (C=O) groups excluding carboxylic acids is 2. The molecule has 2 aromatic carbocycles. The van der Waals surface area contributed by atoms with Gasteiger partial charge in [0.05, 0.1) is 5.69 Å². The predicted octanol–water partition coefficient (Wildman–Crippen LogP) is 3.13. The molecule has 0 saturated heterocycles. The van der Waals surface area contributed by atoms with Crippen LogP contribution in [0.4, 0.5) is 11.4 Å². The van der Waals surface area contributed by atoms with Gasteiger partial charge < -0.3 is 4.90 Å². The van der Waals surface area contributed by atoms with Crippen LogP contribution < -0.4 is 9.91 Å². The van der Waals surface area contributed by atoms with E-state index in [1.807, 2.05) is 61.6 Å². The number of rotatable bonds is 1. The van der Waals surface area contributed by atoms with Crippen LogP contribution in [-0.4, -0.2) is 30.4 Å². The van der Waals surface area contributed by atoms with Gasteiger partial charge in [0.1, 0.15) is 11.3 Å². The molecule has 3 aliphatic heterocycles. The highest BCUT2D eigenvalue weighted by Crippen LogP contribution is 2.57. The summed E-state index contributed by atoms with van der Waals surface area (Å²) in [6, 6.07) is 17.3. The van der Waals surface area contributed by atoms with E-state index >= 15 is 0 Å². The van der Waals surface area contributed by atoms with E-state index < -0.39 is 11.3 Å².